The molecule has 0 atom stereocenters. The largest absolute Gasteiger partial charge is 0.496 e. The van der Waals surface area contributed by atoms with E-state index in [1.54, 1.807) is 7.11 Å². The van der Waals surface area contributed by atoms with Crippen molar-refractivity contribution >= 4 is 21.8 Å². The van der Waals surface area contributed by atoms with E-state index in [0.29, 0.717) is 6.54 Å². The van der Waals surface area contributed by atoms with Gasteiger partial charge < -0.3 is 15.2 Å². The number of aliphatic hydroxyl groups is 1. The molecule has 0 aliphatic rings. The van der Waals surface area contributed by atoms with Crippen molar-refractivity contribution < 1.29 is 14.6 Å². The van der Waals surface area contributed by atoms with Gasteiger partial charge >= 0.3 is 0 Å². The number of aliphatic hydroxyl groups excluding tert-OH is 1. The number of rotatable bonds is 5. The maximum atomic E-state index is 11.1. The molecule has 0 bridgehead atoms. The lowest BCUT2D eigenvalue weighted by Crippen LogP contribution is -2.23. The van der Waals surface area contributed by atoms with Gasteiger partial charge in [-0.05, 0) is 33.6 Å². The molecule has 0 saturated carbocycles. The molecule has 4 nitrogen and oxygen atoms in total. The lowest BCUT2D eigenvalue weighted by Gasteiger charge is -2.07. The first-order chi connectivity index (χ1) is 7.67. The molecule has 0 saturated heterocycles. The molecule has 0 aliphatic heterocycles. The average molecular weight is 288 g/mol. The minimum atomic E-state index is -0.158. The van der Waals surface area contributed by atoms with Gasteiger partial charge in [0.05, 0.1) is 18.2 Å². The highest BCUT2D eigenvalue weighted by atomic mass is 79.9. The Morgan fingerprint density at radius 3 is 2.88 bits per heavy atom. The van der Waals surface area contributed by atoms with Crippen LogP contribution in [0.3, 0.4) is 0 Å². The van der Waals surface area contributed by atoms with E-state index in [2.05, 4.69) is 21.2 Å². The number of hydrogen-bond acceptors (Lipinski definition) is 3. The van der Waals surface area contributed by atoms with Gasteiger partial charge in [0.25, 0.3) is 0 Å². The minimum Gasteiger partial charge on any atom is -0.496 e. The van der Waals surface area contributed by atoms with Crippen molar-refractivity contribution in [2.45, 2.75) is 13.0 Å². The standard InChI is InChI=1S/C11H14BrNO3/c1-16-10-3-2-8(6-9(10)12)7-13-11(15)4-5-14/h2-3,6,14H,4-5,7H2,1H3,(H,13,15). The summed E-state index contributed by atoms with van der Waals surface area (Å²) in [5.41, 5.74) is 0.971. The van der Waals surface area contributed by atoms with Crippen molar-refractivity contribution in [2.75, 3.05) is 13.7 Å². The molecular formula is C11H14BrNO3. The summed E-state index contributed by atoms with van der Waals surface area (Å²) in [5.74, 6) is 0.597. The van der Waals surface area contributed by atoms with Gasteiger partial charge in [-0.2, -0.15) is 0 Å². The topological polar surface area (TPSA) is 58.6 Å². The number of halogens is 1. The van der Waals surface area contributed by atoms with E-state index in [1.807, 2.05) is 18.2 Å². The number of hydrogen-bond donors (Lipinski definition) is 2. The lowest BCUT2D eigenvalue weighted by atomic mass is 10.2. The molecule has 1 rings (SSSR count). The quantitative estimate of drug-likeness (QED) is 0.862. The van der Waals surface area contributed by atoms with E-state index < -0.39 is 0 Å². The van der Waals surface area contributed by atoms with Crippen LogP contribution in [0.2, 0.25) is 0 Å². The van der Waals surface area contributed by atoms with Crippen LogP contribution in [-0.4, -0.2) is 24.7 Å². The van der Waals surface area contributed by atoms with Gasteiger partial charge in [-0.1, -0.05) is 6.07 Å². The zero-order chi connectivity index (χ0) is 12.0. The minimum absolute atomic E-state index is 0.127. The lowest BCUT2D eigenvalue weighted by molar-refractivity contribution is -0.121. The molecule has 0 fully saturated rings. The Kier molecular flexibility index (Phi) is 5.28. The SMILES string of the molecule is COc1ccc(CNC(=O)CCO)cc1Br. The van der Waals surface area contributed by atoms with Crippen molar-refractivity contribution in [3.63, 3.8) is 0 Å². The van der Waals surface area contributed by atoms with Gasteiger partial charge in [-0.3, -0.25) is 4.79 Å². The van der Waals surface area contributed by atoms with E-state index in [4.69, 9.17) is 9.84 Å². The Morgan fingerprint density at radius 2 is 2.31 bits per heavy atom. The van der Waals surface area contributed by atoms with Crippen molar-refractivity contribution in [3.8, 4) is 5.75 Å². The van der Waals surface area contributed by atoms with Crippen LogP contribution in [0.4, 0.5) is 0 Å². The molecule has 2 N–H and O–H groups in total. The predicted molar refractivity (Wildman–Crippen MR) is 64.2 cm³/mol. The van der Waals surface area contributed by atoms with Crippen LogP contribution in [0.5, 0.6) is 5.75 Å². The monoisotopic (exact) mass is 287 g/mol. The van der Waals surface area contributed by atoms with E-state index >= 15 is 0 Å². The van der Waals surface area contributed by atoms with Gasteiger partial charge in [0.1, 0.15) is 5.75 Å². The van der Waals surface area contributed by atoms with Crippen LogP contribution < -0.4 is 10.1 Å². The highest BCUT2D eigenvalue weighted by molar-refractivity contribution is 9.10. The molecule has 1 aromatic carbocycles. The van der Waals surface area contributed by atoms with Gasteiger partial charge in [-0.25, -0.2) is 0 Å². The summed E-state index contributed by atoms with van der Waals surface area (Å²) in [7, 11) is 1.60. The normalized spacial score (nSPS) is 9.94. The number of carbonyl (C=O) groups excluding carboxylic acids is 1. The summed E-state index contributed by atoms with van der Waals surface area (Å²) in [6, 6.07) is 5.60. The summed E-state index contributed by atoms with van der Waals surface area (Å²) in [5, 5.41) is 11.3. The van der Waals surface area contributed by atoms with E-state index in [9.17, 15) is 4.79 Å². The first kappa shape index (κ1) is 13.0. The Hall–Kier alpha value is -1.07. The van der Waals surface area contributed by atoms with Crippen LogP contribution >= 0.6 is 15.9 Å². The Bertz CT molecular complexity index is 368. The highest BCUT2D eigenvalue weighted by Gasteiger charge is 2.03. The van der Waals surface area contributed by atoms with Crippen LogP contribution in [0.1, 0.15) is 12.0 Å². The predicted octanol–water partition coefficient (Wildman–Crippen LogP) is 1.46. The zero-order valence-corrected chi connectivity index (χ0v) is 10.6. The van der Waals surface area contributed by atoms with Crippen molar-refractivity contribution in [2.24, 2.45) is 0 Å². The fourth-order valence-electron chi connectivity index (χ4n) is 1.21. The number of methoxy groups -OCH3 is 1. The maximum absolute atomic E-state index is 11.1. The van der Waals surface area contributed by atoms with Gasteiger partial charge in [0, 0.05) is 13.0 Å². The highest BCUT2D eigenvalue weighted by Crippen LogP contribution is 2.25. The summed E-state index contributed by atoms with van der Waals surface area (Å²) in [4.78, 5) is 11.1. The fourth-order valence-corrected chi connectivity index (χ4v) is 1.80. The van der Waals surface area contributed by atoms with E-state index in [1.165, 1.54) is 0 Å². The zero-order valence-electron chi connectivity index (χ0n) is 9.00. The van der Waals surface area contributed by atoms with E-state index in [0.717, 1.165) is 15.8 Å². The second-order valence-corrected chi connectivity index (χ2v) is 4.07. The van der Waals surface area contributed by atoms with Crippen LogP contribution in [0, 0.1) is 0 Å². The third-order valence-electron chi connectivity index (χ3n) is 2.04. The molecule has 1 aromatic rings. The number of benzene rings is 1. The third-order valence-corrected chi connectivity index (χ3v) is 2.66. The second kappa shape index (κ2) is 6.50. The maximum Gasteiger partial charge on any atom is 0.222 e. The number of amides is 1. The molecule has 16 heavy (non-hydrogen) atoms. The summed E-state index contributed by atoms with van der Waals surface area (Å²) in [6.07, 6.45) is 0.136. The van der Waals surface area contributed by atoms with Crippen LogP contribution in [0.15, 0.2) is 22.7 Å². The molecule has 0 spiro atoms. The van der Waals surface area contributed by atoms with E-state index in [-0.39, 0.29) is 18.9 Å². The summed E-state index contributed by atoms with van der Waals surface area (Å²) >= 11 is 3.37. The molecule has 0 heterocycles. The van der Waals surface area contributed by atoms with Gasteiger partial charge in [0.15, 0.2) is 0 Å². The first-order valence-electron chi connectivity index (χ1n) is 4.87. The molecule has 88 valence electrons. The molecule has 0 aliphatic carbocycles. The van der Waals surface area contributed by atoms with Gasteiger partial charge in [-0.15, -0.1) is 0 Å². The second-order valence-electron chi connectivity index (χ2n) is 3.22. The van der Waals surface area contributed by atoms with Crippen molar-refractivity contribution in [1.29, 1.82) is 0 Å². The summed E-state index contributed by atoms with van der Waals surface area (Å²) in [6.45, 7) is 0.319. The molecule has 5 heteroatoms. The molecule has 0 unspecified atom stereocenters. The Morgan fingerprint density at radius 1 is 1.56 bits per heavy atom. The smallest absolute Gasteiger partial charge is 0.222 e. The number of carbonyl (C=O) groups is 1. The summed E-state index contributed by atoms with van der Waals surface area (Å²) < 4.78 is 5.95. The Balaban J connectivity index is 2.55. The third kappa shape index (κ3) is 3.83. The molecule has 0 radical (unpaired) electrons. The molecule has 1 amide bonds. The van der Waals surface area contributed by atoms with Crippen LogP contribution in [-0.2, 0) is 11.3 Å². The fraction of sp³-hybridized carbons (Fsp3) is 0.364. The van der Waals surface area contributed by atoms with Crippen molar-refractivity contribution in [3.05, 3.63) is 28.2 Å². The number of nitrogens with one attached hydrogen (secondary N) is 1. The first-order valence-corrected chi connectivity index (χ1v) is 5.66. The average Bonchev–Trinajstić information content (AvgIpc) is 2.27. The van der Waals surface area contributed by atoms with Crippen LogP contribution in [0.25, 0.3) is 0 Å². The molecular weight excluding hydrogens is 274 g/mol. The Labute approximate surface area is 103 Å². The molecule has 0 aromatic heterocycles. The van der Waals surface area contributed by atoms with Crippen molar-refractivity contribution in [1.82, 2.24) is 5.32 Å². The van der Waals surface area contributed by atoms with Gasteiger partial charge in [0.2, 0.25) is 5.91 Å². The number of ether oxygens (including phenoxy) is 1.